The van der Waals surface area contributed by atoms with Gasteiger partial charge in [0.1, 0.15) is 15.1 Å². The zero-order valence-electron chi connectivity index (χ0n) is 43.9. The molecule has 36 heteroatoms. The summed E-state index contributed by atoms with van der Waals surface area (Å²) >= 11 is 5.57. The summed E-state index contributed by atoms with van der Waals surface area (Å²) in [5.74, 6) is 0. The van der Waals surface area contributed by atoms with Crippen LogP contribution < -0.4 is 49.5 Å². The number of nitrogen functional groups attached to an aromatic ring is 1. The van der Waals surface area contributed by atoms with Crippen LogP contribution in [0, 0.1) is 30.3 Å². The van der Waals surface area contributed by atoms with E-state index in [1.165, 1.54) is 115 Å². The summed E-state index contributed by atoms with van der Waals surface area (Å²) in [6.07, 6.45) is 4.22. The largest absolute Gasteiger partial charge is 1.00 e. The van der Waals surface area contributed by atoms with Gasteiger partial charge in [0, 0.05) is 67.5 Å². The number of nitrogens with one attached hydrogen (secondary N) is 3. The van der Waals surface area contributed by atoms with Crippen molar-refractivity contribution in [1.82, 2.24) is 14.2 Å². The molecular weight excluding hydrogens is 1260 g/mol. The number of halogens is 1. The smallest absolute Gasteiger partial charge is 0.744 e. The summed E-state index contributed by atoms with van der Waals surface area (Å²) in [4.78, 5) is 30.0. The summed E-state index contributed by atoms with van der Waals surface area (Å²) in [7, 11) is -23.0. The number of benzene rings is 6. The van der Waals surface area contributed by atoms with Gasteiger partial charge >= 0.3 is 29.6 Å². The third-order valence-electron chi connectivity index (χ3n) is 10.4. The zero-order valence-corrected chi connectivity index (χ0v) is 51.5. The van der Waals surface area contributed by atoms with Crippen LogP contribution in [0.5, 0.6) is 0 Å². The molecule has 0 spiro atoms. The van der Waals surface area contributed by atoms with Crippen LogP contribution in [0.2, 0.25) is 5.02 Å². The average Bonchev–Trinajstić information content (AvgIpc) is 3.22. The van der Waals surface area contributed by atoms with E-state index in [9.17, 15) is 85.4 Å². The molecule has 0 aliphatic carbocycles. The quantitative estimate of drug-likeness (QED) is 0.0117. The minimum absolute atomic E-state index is 0. The van der Waals surface area contributed by atoms with Crippen molar-refractivity contribution in [2.24, 2.45) is 0 Å². The van der Waals surface area contributed by atoms with Crippen LogP contribution in [0.25, 0.3) is 0 Å². The number of nitrogens with two attached hydrogens (primary N) is 1. The molecule has 446 valence electrons. The molecule has 0 aliphatic rings. The van der Waals surface area contributed by atoms with Crippen molar-refractivity contribution >= 4 is 94.8 Å². The topological polar surface area (TPSA) is 449 Å². The first-order chi connectivity index (χ1) is 38.5. The maximum Gasteiger partial charge on any atom is 1.00 e. The van der Waals surface area contributed by atoms with E-state index in [4.69, 9.17) is 21.9 Å². The fourth-order valence-electron chi connectivity index (χ4n) is 6.34. The van der Waals surface area contributed by atoms with Gasteiger partial charge in [-0.2, -0.15) is 16.8 Å². The Bertz CT molecular complexity index is 4090. The number of sulfonamides is 3. The standard InChI is InChI=1S/C17H18N2O7S2.C16H16N2O7S2.C9H9ClN2O4S.C6H7NO3S.Na/c1-3-10-18-27(22,23)16-9-6-14(17(12-16)19(20)21)11-13-4-7-15(8-5-13)28(24,25)26-2;1-2-9-17-26(21,22)15-8-5-13(16(11-15)18(19)20)10-12-3-6-14(7-4-12)27(23,24)25;1-2-5-11-17(15,16)7-3-4-8(10)9(6-7)12(13)14;7-5-1-3-6(4-2-5)11(8,9)10;/h3-9,12,18H,1,10-11H2,2H3;2-8,11,17H,1,9-10H2,(H,23,24,25);2-4,6,11H,1,5H2;1-4H,7H2,(H,8,9,10);/q;;;;+1/p-1. The van der Waals surface area contributed by atoms with Crippen LogP contribution in [0.3, 0.4) is 0 Å². The van der Waals surface area contributed by atoms with Gasteiger partial charge in [-0.25, -0.2) is 47.8 Å². The minimum atomic E-state index is -4.58. The van der Waals surface area contributed by atoms with Crippen LogP contribution in [-0.2, 0) is 77.4 Å². The third-order valence-corrected chi connectivity index (χ3v) is 18.0. The Kier molecular flexibility index (Phi) is 27.9. The van der Waals surface area contributed by atoms with E-state index in [1.54, 1.807) is 0 Å². The van der Waals surface area contributed by atoms with Crippen molar-refractivity contribution < 1.29 is 108 Å². The number of rotatable bonds is 23. The van der Waals surface area contributed by atoms with Gasteiger partial charge in [0.2, 0.25) is 30.1 Å². The first-order valence-electron chi connectivity index (χ1n) is 22.6. The molecule has 6 aromatic carbocycles. The van der Waals surface area contributed by atoms with Crippen LogP contribution in [0.15, 0.2) is 195 Å². The van der Waals surface area contributed by atoms with Gasteiger partial charge in [-0.05, 0) is 83.9 Å². The van der Waals surface area contributed by atoms with Gasteiger partial charge in [-0.15, -0.1) is 19.7 Å². The molecule has 0 heterocycles. The summed E-state index contributed by atoms with van der Waals surface area (Å²) in [5, 5.41) is 33.2. The molecule has 6 rings (SSSR count). The first kappa shape index (κ1) is 73.4. The van der Waals surface area contributed by atoms with Crippen LogP contribution in [0.4, 0.5) is 22.7 Å². The summed E-state index contributed by atoms with van der Waals surface area (Å²) in [5.41, 5.74) is 6.21. The number of anilines is 1. The van der Waals surface area contributed by atoms with Gasteiger partial charge in [0.05, 0.1) is 51.3 Å². The maximum atomic E-state index is 12.1. The van der Waals surface area contributed by atoms with E-state index in [1.807, 2.05) is 0 Å². The molecule has 6 N–H and O–H groups in total. The number of hydrogen-bond acceptors (Lipinski definition) is 21. The number of nitro groups is 3. The molecule has 6 aromatic rings. The Morgan fingerprint density at radius 1 is 0.512 bits per heavy atom. The van der Waals surface area contributed by atoms with Gasteiger partial charge < -0.3 is 10.3 Å². The molecule has 0 aliphatic heterocycles. The second kappa shape index (κ2) is 32.0. The summed E-state index contributed by atoms with van der Waals surface area (Å²) in [6, 6.07) is 26.3. The molecule has 0 saturated heterocycles. The van der Waals surface area contributed by atoms with Crippen molar-refractivity contribution in [1.29, 1.82) is 0 Å². The molecule has 0 saturated carbocycles. The molecule has 0 fully saturated rings. The molecule has 0 bridgehead atoms. The molecular formula is C48H49ClN7NaO21S6. The maximum absolute atomic E-state index is 12.1. The summed E-state index contributed by atoms with van der Waals surface area (Å²) in [6.45, 7) is 10.2. The molecule has 28 nitrogen and oxygen atoms in total. The Morgan fingerprint density at radius 2 is 0.821 bits per heavy atom. The second-order valence-electron chi connectivity index (χ2n) is 16.1. The van der Waals surface area contributed by atoms with Crippen LogP contribution in [-0.4, -0.2) is 101 Å². The molecule has 0 amide bonds. The van der Waals surface area contributed by atoms with Gasteiger partial charge in [0.15, 0.2) is 0 Å². The Hall–Kier alpha value is -6.71. The monoisotopic (exact) mass is 1310 g/mol. The van der Waals surface area contributed by atoms with Gasteiger partial charge in [-0.3, -0.25) is 39.1 Å². The molecule has 84 heavy (non-hydrogen) atoms. The Balaban J connectivity index is 0.000000400. The van der Waals surface area contributed by atoms with E-state index in [-0.39, 0.29) is 108 Å². The third kappa shape index (κ3) is 22.4. The average molecular weight is 1310 g/mol. The van der Waals surface area contributed by atoms with Crippen molar-refractivity contribution in [2.75, 3.05) is 32.5 Å². The number of nitrogens with zero attached hydrogens (tertiary/aromatic N) is 3. The molecule has 0 aromatic heterocycles. The SMILES string of the molecule is C=CCNS(=O)(=O)c1ccc(Cc2ccc(S(=O)(=O)OC)cc2)c([N+](=O)[O-])c1.C=CCNS(=O)(=O)c1ccc(Cc2ccc(S(=O)(=O)[O-])cc2)c([N+](=O)[O-])c1.C=CCNS(=O)(=O)c1ccc(Cl)c([N+](=O)[O-])c1.Nc1ccc(S(=O)(=O)O)cc1.[Na+]. The predicted octanol–water partition coefficient (Wildman–Crippen LogP) is 2.77. The van der Waals surface area contributed by atoms with E-state index < -0.39 is 91.5 Å². The number of nitro benzene ring substituents is 3. The van der Waals surface area contributed by atoms with Gasteiger partial charge in [-0.1, -0.05) is 66.2 Å². The zero-order chi connectivity index (χ0) is 62.7. The normalized spacial score (nSPS) is 11.5. The van der Waals surface area contributed by atoms with Crippen LogP contribution >= 0.6 is 11.6 Å². The Morgan fingerprint density at radius 3 is 1.13 bits per heavy atom. The van der Waals surface area contributed by atoms with Crippen molar-refractivity contribution in [2.45, 2.75) is 42.2 Å². The minimum Gasteiger partial charge on any atom is -0.744 e. The molecule has 0 atom stereocenters. The van der Waals surface area contributed by atoms with Crippen molar-refractivity contribution in [3.05, 3.63) is 223 Å². The van der Waals surface area contributed by atoms with E-state index >= 15 is 0 Å². The second-order valence-corrected chi connectivity index (χ2v) is 26.4. The van der Waals surface area contributed by atoms with E-state index in [0.717, 1.165) is 37.4 Å². The van der Waals surface area contributed by atoms with E-state index in [2.05, 4.69) is 38.1 Å². The fraction of sp³-hybridized carbons (Fsp3) is 0.125. The predicted molar refractivity (Wildman–Crippen MR) is 302 cm³/mol. The van der Waals surface area contributed by atoms with Gasteiger partial charge in [0.25, 0.3) is 37.3 Å². The fourth-order valence-corrected chi connectivity index (χ4v) is 11.2. The molecule has 0 unspecified atom stereocenters. The van der Waals surface area contributed by atoms with Crippen molar-refractivity contribution in [3.63, 3.8) is 0 Å². The molecule has 0 radical (unpaired) electrons. The Labute approximate surface area is 510 Å². The van der Waals surface area contributed by atoms with E-state index in [0.29, 0.717) is 16.8 Å². The number of hydrogen-bond donors (Lipinski definition) is 5. The van der Waals surface area contributed by atoms with Crippen LogP contribution in [0.1, 0.15) is 22.3 Å². The first-order valence-corrected chi connectivity index (χ1v) is 31.7. The van der Waals surface area contributed by atoms with Crippen molar-refractivity contribution in [3.8, 4) is 0 Å². The summed E-state index contributed by atoms with van der Waals surface area (Å²) < 4.78 is 168.